The van der Waals surface area contributed by atoms with E-state index < -0.39 is 40.5 Å². The van der Waals surface area contributed by atoms with Crippen molar-refractivity contribution in [1.29, 1.82) is 0 Å². The maximum Gasteiger partial charge on any atom is 0.191 e. The van der Waals surface area contributed by atoms with Gasteiger partial charge in [0, 0.05) is 24.2 Å². The molecule has 0 amide bonds. The van der Waals surface area contributed by atoms with Gasteiger partial charge in [0.25, 0.3) is 0 Å². The highest BCUT2D eigenvalue weighted by atomic mass is 32.2. The largest absolute Gasteiger partial charge is 0.390 e. The van der Waals surface area contributed by atoms with Gasteiger partial charge in [0.1, 0.15) is 17.4 Å². The molecule has 4 aliphatic carbocycles. The summed E-state index contributed by atoms with van der Waals surface area (Å²) in [6, 6.07) is 0. The quantitative estimate of drug-likeness (QED) is 0.689. The number of allylic oxidation sites excluding steroid dienone is 4. The molecule has 0 aromatic carbocycles. The number of aliphatic hydroxyl groups is 1. The van der Waals surface area contributed by atoms with Crippen molar-refractivity contribution in [3.63, 3.8) is 0 Å². The molecule has 0 aromatic rings. The number of carbonyl (C=O) groups is 2. The number of epoxide rings is 1. The molecule has 0 aromatic heterocycles. The topological polar surface area (TPSA) is 66.9 Å². The van der Waals surface area contributed by atoms with E-state index in [-0.39, 0.29) is 47.6 Å². The average Bonchev–Trinajstić information content (AvgIpc) is 3.24. The van der Waals surface area contributed by atoms with Gasteiger partial charge in [-0.2, -0.15) is 0 Å². The molecular formula is C22H26F2O4S. The number of ketones is 1. The van der Waals surface area contributed by atoms with Crippen molar-refractivity contribution in [2.75, 3.05) is 6.26 Å². The molecule has 4 unspecified atom stereocenters. The summed E-state index contributed by atoms with van der Waals surface area (Å²) in [6.45, 7) is 3.60. The summed E-state index contributed by atoms with van der Waals surface area (Å²) in [7, 11) is 0. The number of halogens is 2. The molecule has 3 saturated carbocycles. The van der Waals surface area contributed by atoms with Crippen molar-refractivity contribution in [3.8, 4) is 0 Å². The molecule has 1 aliphatic heterocycles. The van der Waals surface area contributed by atoms with Crippen LogP contribution in [0.3, 0.4) is 0 Å². The number of rotatable bonds is 2. The zero-order valence-electron chi connectivity index (χ0n) is 16.8. The van der Waals surface area contributed by atoms with Gasteiger partial charge in [-0.05, 0) is 55.6 Å². The molecule has 29 heavy (non-hydrogen) atoms. The number of alkyl halides is 2. The number of carbonyl (C=O) groups excluding carboxylic acids is 2. The van der Waals surface area contributed by atoms with Crippen LogP contribution in [-0.4, -0.2) is 51.4 Å². The van der Waals surface area contributed by atoms with Gasteiger partial charge in [-0.3, -0.25) is 9.59 Å². The summed E-state index contributed by atoms with van der Waals surface area (Å²) < 4.78 is 38.4. The first-order chi connectivity index (χ1) is 13.6. The summed E-state index contributed by atoms with van der Waals surface area (Å²) in [5, 5.41) is 11.2. The molecule has 158 valence electrons. The predicted molar refractivity (Wildman–Crippen MR) is 105 cm³/mol. The number of thioether (sulfide) groups is 1. The van der Waals surface area contributed by atoms with Crippen LogP contribution in [0.5, 0.6) is 0 Å². The molecule has 9 atom stereocenters. The fourth-order valence-electron chi connectivity index (χ4n) is 7.32. The van der Waals surface area contributed by atoms with Crippen molar-refractivity contribution < 1.29 is 28.2 Å². The summed E-state index contributed by atoms with van der Waals surface area (Å²) in [5.74, 6) is -1.32. The van der Waals surface area contributed by atoms with Crippen molar-refractivity contribution in [3.05, 3.63) is 23.8 Å². The number of hydrogen-bond donors (Lipinski definition) is 1. The van der Waals surface area contributed by atoms with E-state index >= 15 is 8.78 Å². The van der Waals surface area contributed by atoms with Gasteiger partial charge in [0.15, 0.2) is 16.6 Å². The number of aliphatic hydroxyl groups excluding tert-OH is 1. The van der Waals surface area contributed by atoms with Crippen LogP contribution in [0.25, 0.3) is 0 Å². The molecular weight excluding hydrogens is 398 g/mol. The van der Waals surface area contributed by atoms with E-state index in [9.17, 15) is 14.7 Å². The third-order valence-electron chi connectivity index (χ3n) is 8.76. The molecule has 1 spiro atoms. The van der Waals surface area contributed by atoms with Gasteiger partial charge in [-0.15, -0.1) is 0 Å². The Hall–Kier alpha value is -1.05. The minimum Gasteiger partial charge on any atom is -0.390 e. The maximum absolute atomic E-state index is 16.9. The van der Waals surface area contributed by atoms with Gasteiger partial charge in [0.05, 0.1) is 6.10 Å². The highest BCUT2D eigenvalue weighted by molar-refractivity contribution is 8.13. The summed E-state index contributed by atoms with van der Waals surface area (Å²) in [4.78, 5) is 24.0. The third kappa shape index (κ3) is 2.12. The third-order valence-corrected chi connectivity index (χ3v) is 9.36. The zero-order valence-corrected chi connectivity index (χ0v) is 17.6. The predicted octanol–water partition coefficient (Wildman–Crippen LogP) is 3.33. The van der Waals surface area contributed by atoms with Crippen molar-refractivity contribution in [2.45, 2.75) is 68.7 Å². The first-order valence-electron chi connectivity index (χ1n) is 10.3. The molecule has 5 aliphatic rings. The second-order valence-electron chi connectivity index (χ2n) is 9.71. The Balaban J connectivity index is 1.58. The average molecular weight is 425 g/mol. The maximum atomic E-state index is 16.9. The van der Waals surface area contributed by atoms with E-state index in [4.69, 9.17) is 4.74 Å². The molecule has 1 N–H and O–H groups in total. The van der Waals surface area contributed by atoms with Gasteiger partial charge in [-0.1, -0.05) is 24.8 Å². The monoisotopic (exact) mass is 424 g/mol. The first kappa shape index (κ1) is 19.9. The SMILES string of the molecule is CSC(=O)C[C@]12OC13CC(O)[C@@]1(F)C(C[C@H](F)C4=CC(=O)C=CC41C)[C@@H]3C[C@H]2C. The highest BCUT2D eigenvalue weighted by Gasteiger charge is 2.86. The van der Waals surface area contributed by atoms with Crippen LogP contribution in [0.2, 0.25) is 0 Å². The van der Waals surface area contributed by atoms with E-state index in [1.54, 1.807) is 13.2 Å². The first-order valence-corrected chi connectivity index (χ1v) is 11.5. The fourth-order valence-corrected chi connectivity index (χ4v) is 7.68. The molecule has 1 saturated heterocycles. The van der Waals surface area contributed by atoms with Gasteiger partial charge < -0.3 is 9.84 Å². The van der Waals surface area contributed by atoms with E-state index in [0.29, 0.717) is 6.42 Å². The second kappa shape index (κ2) is 5.80. The molecule has 4 fully saturated rings. The Morgan fingerprint density at radius 1 is 1.38 bits per heavy atom. The molecule has 5 rings (SSSR count). The summed E-state index contributed by atoms with van der Waals surface area (Å²) >= 11 is 1.15. The number of ether oxygens (including phenoxy) is 1. The Morgan fingerprint density at radius 3 is 2.79 bits per heavy atom. The van der Waals surface area contributed by atoms with Gasteiger partial charge in [-0.25, -0.2) is 8.78 Å². The van der Waals surface area contributed by atoms with Crippen LogP contribution < -0.4 is 0 Å². The van der Waals surface area contributed by atoms with Crippen LogP contribution in [-0.2, 0) is 14.3 Å². The zero-order chi connectivity index (χ0) is 21.0. The van der Waals surface area contributed by atoms with Crippen LogP contribution in [0.15, 0.2) is 23.8 Å². The van der Waals surface area contributed by atoms with Crippen molar-refractivity contribution >= 4 is 22.7 Å². The number of hydrogen-bond acceptors (Lipinski definition) is 5. The summed E-state index contributed by atoms with van der Waals surface area (Å²) in [5.41, 5.74) is -4.77. The van der Waals surface area contributed by atoms with Crippen molar-refractivity contribution in [2.24, 2.45) is 23.2 Å². The molecule has 0 radical (unpaired) electrons. The lowest BCUT2D eigenvalue weighted by Crippen LogP contribution is -2.68. The lowest BCUT2D eigenvalue weighted by atomic mass is 9.47. The lowest BCUT2D eigenvalue weighted by Gasteiger charge is -2.59. The highest BCUT2D eigenvalue weighted by Crippen LogP contribution is 2.77. The normalized spacial score (nSPS) is 54.8. The number of fused-ring (bicyclic) bond motifs is 4. The Kier molecular flexibility index (Phi) is 3.98. The Bertz CT molecular complexity index is 873. The molecule has 1 heterocycles. The minimum atomic E-state index is -2.08. The Morgan fingerprint density at radius 2 is 2.10 bits per heavy atom. The van der Waals surface area contributed by atoms with Crippen LogP contribution in [0, 0.1) is 23.2 Å². The molecule has 0 bridgehead atoms. The molecule has 7 heteroatoms. The smallest absolute Gasteiger partial charge is 0.191 e. The van der Waals surface area contributed by atoms with Gasteiger partial charge in [0.2, 0.25) is 0 Å². The fraction of sp³-hybridized carbons (Fsp3) is 0.727. The van der Waals surface area contributed by atoms with Crippen LogP contribution >= 0.6 is 11.8 Å². The van der Waals surface area contributed by atoms with E-state index in [2.05, 4.69) is 0 Å². The molecule has 4 nitrogen and oxygen atoms in total. The van der Waals surface area contributed by atoms with E-state index in [1.165, 1.54) is 18.2 Å². The Labute approximate surface area is 173 Å². The minimum absolute atomic E-state index is 0.0128. The van der Waals surface area contributed by atoms with Crippen LogP contribution in [0.4, 0.5) is 8.78 Å². The summed E-state index contributed by atoms with van der Waals surface area (Å²) in [6.07, 6.45) is 3.75. The van der Waals surface area contributed by atoms with Crippen molar-refractivity contribution in [1.82, 2.24) is 0 Å². The standard InChI is InChI=1S/C22H26F2O4S/c1-11-6-13-14-8-16(23)15-7-12(25)4-5-19(15,2)22(14,24)17(26)9-21(13)20(11,28-21)10-18(27)29-3/h4-5,7,11,13-14,16-17,26H,6,8-10H2,1-3H3/t11-,13+,14?,16+,17?,19?,20-,21?,22+/m1/s1. The van der Waals surface area contributed by atoms with E-state index in [1.807, 2.05) is 6.92 Å². The van der Waals surface area contributed by atoms with Crippen LogP contribution in [0.1, 0.15) is 39.5 Å². The lowest BCUT2D eigenvalue weighted by molar-refractivity contribution is -0.187. The van der Waals surface area contributed by atoms with E-state index in [0.717, 1.165) is 11.8 Å². The van der Waals surface area contributed by atoms with Gasteiger partial charge >= 0.3 is 0 Å². The second-order valence-corrected chi connectivity index (χ2v) is 10.6.